The molecule has 1 atom stereocenters. The zero-order chi connectivity index (χ0) is 14.4. The van der Waals surface area contributed by atoms with Crippen molar-refractivity contribution in [1.29, 1.82) is 0 Å². The average Bonchev–Trinajstić information content (AvgIpc) is 2.92. The summed E-state index contributed by atoms with van der Waals surface area (Å²) >= 11 is 3.48. The molecule has 1 fully saturated rings. The first-order valence-electron chi connectivity index (χ1n) is 7.20. The molecule has 1 unspecified atom stereocenters. The summed E-state index contributed by atoms with van der Waals surface area (Å²) in [6.07, 6.45) is 2.25. The lowest BCUT2D eigenvalue weighted by molar-refractivity contribution is 0.647. The van der Waals surface area contributed by atoms with E-state index in [0.29, 0.717) is 6.04 Å². The fourth-order valence-corrected chi connectivity index (χ4v) is 2.66. The first-order chi connectivity index (χ1) is 9.72. The lowest BCUT2D eigenvalue weighted by Crippen LogP contribution is -2.44. The summed E-state index contributed by atoms with van der Waals surface area (Å²) in [5.41, 5.74) is 1.29. The molecule has 0 aliphatic carbocycles. The molecular weight excluding hydrogens is 316 g/mol. The zero-order valence-corrected chi connectivity index (χ0v) is 13.8. The minimum Gasteiger partial charge on any atom is -0.369 e. The number of nitrogens with zero attached hydrogens (tertiary/aromatic N) is 2. The number of rotatable bonds is 4. The number of guanidine groups is 1. The highest BCUT2D eigenvalue weighted by Gasteiger charge is 2.23. The van der Waals surface area contributed by atoms with Crippen molar-refractivity contribution < 1.29 is 0 Å². The second-order valence-corrected chi connectivity index (χ2v) is 5.97. The van der Waals surface area contributed by atoms with Gasteiger partial charge in [0.1, 0.15) is 0 Å². The maximum Gasteiger partial charge on any atom is 0.191 e. The first-order valence-corrected chi connectivity index (χ1v) is 8.00. The Hall–Kier alpha value is -1.23. The second kappa shape index (κ2) is 7.53. The Bertz CT molecular complexity index is 444. The molecule has 0 radical (unpaired) electrons. The number of benzene rings is 1. The fraction of sp³-hybridized carbons (Fsp3) is 0.533. The highest BCUT2D eigenvalue weighted by atomic mass is 79.9. The minimum absolute atomic E-state index is 0.460. The van der Waals surface area contributed by atoms with Crippen molar-refractivity contribution >= 4 is 27.6 Å². The number of nitrogens with one attached hydrogen (secondary N) is 2. The monoisotopic (exact) mass is 338 g/mol. The molecule has 1 aliphatic rings. The smallest absolute Gasteiger partial charge is 0.191 e. The summed E-state index contributed by atoms with van der Waals surface area (Å²) in [6, 6.07) is 8.98. The van der Waals surface area contributed by atoms with E-state index < -0.39 is 0 Å². The quantitative estimate of drug-likeness (QED) is 0.654. The largest absolute Gasteiger partial charge is 0.369 e. The van der Waals surface area contributed by atoms with Crippen LogP contribution in [0.25, 0.3) is 0 Å². The van der Waals surface area contributed by atoms with Crippen molar-refractivity contribution in [3.05, 3.63) is 28.7 Å². The Kier molecular flexibility index (Phi) is 5.71. The number of anilines is 1. The lowest BCUT2D eigenvalue weighted by atomic mass is 10.3. The number of hydrogen-bond acceptors (Lipinski definition) is 2. The molecule has 5 heteroatoms. The number of aliphatic imine (C=N–C) groups is 1. The zero-order valence-electron chi connectivity index (χ0n) is 12.2. The third-order valence-electron chi connectivity index (χ3n) is 3.49. The van der Waals surface area contributed by atoms with Crippen molar-refractivity contribution in [2.45, 2.75) is 25.8 Å². The average molecular weight is 339 g/mol. The molecule has 0 bridgehead atoms. The molecule has 0 aromatic heterocycles. The van der Waals surface area contributed by atoms with E-state index >= 15 is 0 Å². The molecule has 0 saturated carbocycles. The molecule has 1 aromatic carbocycles. The van der Waals surface area contributed by atoms with Gasteiger partial charge in [0.2, 0.25) is 0 Å². The summed E-state index contributed by atoms with van der Waals surface area (Å²) in [5, 5.41) is 6.82. The van der Waals surface area contributed by atoms with Gasteiger partial charge in [0, 0.05) is 42.9 Å². The van der Waals surface area contributed by atoms with Crippen LogP contribution in [0.4, 0.5) is 5.69 Å². The molecule has 110 valence electrons. The van der Waals surface area contributed by atoms with E-state index in [1.54, 1.807) is 0 Å². The van der Waals surface area contributed by atoms with E-state index in [1.807, 2.05) is 7.05 Å². The van der Waals surface area contributed by atoms with Crippen LogP contribution in [0.1, 0.15) is 19.8 Å². The summed E-state index contributed by atoms with van der Waals surface area (Å²) in [4.78, 5) is 6.68. The van der Waals surface area contributed by atoms with Gasteiger partial charge in [-0.05, 0) is 37.1 Å². The van der Waals surface area contributed by atoms with Crippen LogP contribution in [-0.4, -0.2) is 38.7 Å². The maximum atomic E-state index is 4.27. The van der Waals surface area contributed by atoms with E-state index in [0.717, 1.165) is 42.9 Å². The number of halogens is 1. The van der Waals surface area contributed by atoms with Crippen LogP contribution in [-0.2, 0) is 0 Å². The van der Waals surface area contributed by atoms with Crippen LogP contribution in [0.2, 0.25) is 0 Å². The lowest BCUT2D eigenvalue weighted by Gasteiger charge is -2.20. The first kappa shape index (κ1) is 15.2. The Morgan fingerprint density at radius 1 is 1.40 bits per heavy atom. The van der Waals surface area contributed by atoms with Crippen molar-refractivity contribution in [3.63, 3.8) is 0 Å². The minimum atomic E-state index is 0.460. The van der Waals surface area contributed by atoms with Crippen LogP contribution in [0.5, 0.6) is 0 Å². The normalized spacial score (nSPS) is 19.2. The highest BCUT2D eigenvalue weighted by molar-refractivity contribution is 9.10. The van der Waals surface area contributed by atoms with Crippen LogP contribution in [0.3, 0.4) is 0 Å². The Morgan fingerprint density at radius 3 is 2.80 bits per heavy atom. The maximum absolute atomic E-state index is 4.27. The van der Waals surface area contributed by atoms with Gasteiger partial charge < -0.3 is 15.5 Å². The topological polar surface area (TPSA) is 39.7 Å². The summed E-state index contributed by atoms with van der Waals surface area (Å²) in [6.45, 7) is 5.23. The number of hydrogen-bond donors (Lipinski definition) is 2. The van der Waals surface area contributed by atoms with Gasteiger partial charge in [0.25, 0.3) is 0 Å². The molecule has 2 rings (SSSR count). The van der Waals surface area contributed by atoms with Gasteiger partial charge in [-0.3, -0.25) is 4.99 Å². The molecule has 1 aliphatic heterocycles. The van der Waals surface area contributed by atoms with Gasteiger partial charge >= 0.3 is 0 Å². The van der Waals surface area contributed by atoms with Crippen LogP contribution >= 0.6 is 15.9 Å². The Labute approximate surface area is 129 Å². The van der Waals surface area contributed by atoms with Crippen LogP contribution < -0.4 is 15.5 Å². The molecule has 0 amide bonds. The molecule has 20 heavy (non-hydrogen) atoms. The van der Waals surface area contributed by atoms with Crippen LogP contribution in [0, 0.1) is 0 Å². The second-order valence-electron chi connectivity index (χ2n) is 5.05. The predicted octanol–water partition coefficient (Wildman–Crippen LogP) is 2.60. The van der Waals surface area contributed by atoms with E-state index in [4.69, 9.17) is 0 Å². The predicted molar refractivity (Wildman–Crippen MR) is 89.5 cm³/mol. The molecule has 2 N–H and O–H groups in total. The molecule has 1 saturated heterocycles. The van der Waals surface area contributed by atoms with Crippen molar-refractivity contribution in [3.8, 4) is 0 Å². The third-order valence-corrected chi connectivity index (χ3v) is 4.02. The van der Waals surface area contributed by atoms with Gasteiger partial charge in [0.05, 0.1) is 0 Å². The van der Waals surface area contributed by atoms with Gasteiger partial charge in [0.15, 0.2) is 5.96 Å². The van der Waals surface area contributed by atoms with Gasteiger partial charge in [-0.1, -0.05) is 22.9 Å². The highest BCUT2D eigenvalue weighted by Crippen LogP contribution is 2.22. The summed E-state index contributed by atoms with van der Waals surface area (Å²) in [7, 11) is 1.83. The molecular formula is C15H23BrN4. The standard InChI is InChI=1S/C15H23BrN4/c1-3-9-18-15(17-2)19-13-8-10-20(11-13)14-6-4-12(16)5-7-14/h4-7,13H,3,8-11H2,1-2H3,(H2,17,18,19). The Balaban J connectivity index is 1.87. The Morgan fingerprint density at radius 2 is 2.15 bits per heavy atom. The summed E-state index contributed by atoms with van der Waals surface area (Å²) in [5.74, 6) is 0.912. The van der Waals surface area contributed by atoms with Crippen molar-refractivity contribution in [1.82, 2.24) is 10.6 Å². The van der Waals surface area contributed by atoms with Gasteiger partial charge in [-0.2, -0.15) is 0 Å². The van der Waals surface area contributed by atoms with Crippen molar-refractivity contribution in [2.75, 3.05) is 31.6 Å². The van der Waals surface area contributed by atoms with Crippen molar-refractivity contribution in [2.24, 2.45) is 4.99 Å². The molecule has 1 aromatic rings. The van der Waals surface area contributed by atoms with E-state index in [1.165, 1.54) is 5.69 Å². The fourth-order valence-electron chi connectivity index (χ4n) is 2.40. The van der Waals surface area contributed by atoms with E-state index in [9.17, 15) is 0 Å². The van der Waals surface area contributed by atoms with Crippen LogP contribution in [0.15, 0.2) is 33.7 Å². The van der Waals surface area contributed by atoms with E-state index in [-0.39, 0.29) is 0 Å². The molecule has 0 spiro atoms. The third kappa shape index (κ3) is 4.13. The SMILES string of the molecule is CCCNC(=NC)NC1CCN(c2ccc(Br)cc2)C1. The van der Waals surface area contributed by atoms with E-state index in [2.05, 4.69) is 67.6 Å². The molecule has 4 nitrogen and oxygen atoms in total. The molecule has 1 heterocycles. The summed E-state index contributed by atoms with van der Waals surface area (Å²) < 4.78 is 1.12. The van der Waals surface area contributed by atoms with Gasteiger partial charge in [-0.25, -0.2) is 0 Å². The van der Waals surface area contributed by atoms with Gasteiger partial charge in [-0.15, -0.1) is 0 Å².